The van der Waals surface area contributed by atoms with Crippen LogP contribution in [-0.4, -0.2) is 36.8 Å². The van der Waals surface area contributed by atoms with Crippen molar-refractivity contribution in [2.24, 2.45) is 0 Å². The molecule has 0 saturated carbocycles. The molecule has 7 nitrogen and oxygen atoms in total. The Morgan fingerprint density at radius 2 is 1.85 bits per heavy atom. The van der Waals surface area contributed by atoms with Gasteiger partial charge in [0.15, 0.2) is 0 Å². The van der Waals surface area contributed by atoms with Crippen LogP contribution in [0.1, 0.15) is 16.9 Å². The Balaban J connectivity index is 1.34. The highest BCUT2D eigenvalue weighted by Gasteiger charge is 2.08. The first kappa shape index (κ1) is 16.0. The molecule has 4 rings (SSSR count). The Kier molecular flexibility index (Phi) is 4.42. The van der Waals surface area contributed by atoms with Crippen LogP contribution in [0.3, 0.4) is 0 Å². The molecule has 3 heterocycles. The van der Waals surface area contributed by atoms with Gasteiger partial charge in [0.05, 0.1) is 0 Å². The zero-order valence-corrected chi connectivity index (χ0v) is 14.1. The highest BCUT2D eigenvalue weighted by Crippen LogP contribution is 2.15. The molecule has 0 aliphatic heterocycles. The second-order valence-corrected chi connectivity index (χ2v) is 5.93. The summed E-state index contributed by atoms with van der Waals surface area (Å²) in [6.45, 7) is 1.44. The number of hydrogen-bond donors (Lipinski definition) is 1. The third-order valence-electron chi connectivity index (χ3n) is 4.19. The molecule has 1 N–H and O–H groups in total. The molecule has 1 aromatic carbocycles. The Labute approximate surface area is 150 Å². The zero-order chi connectivity index (χ0) is 17.8. The number of para-hydroxylation sites is 1. The van der Waals surface area contributed by atoms with E-state index in [1.807, 2.05) is 12.1 Å². The van der Waals surface area contributed by atoms with Gasteiger partial charge in [-0.2, -0.15) is 0 Å². The minimum absolute atomic E-state index is 0.183. The largest absolute Gasteiger partial charge is 0.351 e. The van der Waals surface area contributed by atoms with Gasteiger partial charge in [0.25, 0.3) is 5.91 Å². The number of pyridine rings is 1. The lowest BCUT2D eigenvalue weighted by atomic mass is 10.2. The van der Waals surface area contributed by atoms with Crippen molar-refractivity contribution in [2.75, 3.05) is 6.54 Å². The maximum Gasteiger partial charge on any atom is 0.269 e. The average Bonchev–Trinajstić information content (AvgIpc) is 3.35. The summed E-state index contributed by atoms with van der Waals surface area (Å²) in [6, 6.07) is 15.7. The number of carbonyl (C=O) groups excluding carboxylic acids is 1. The predicted octanol–water partition coefficient (Wildman–Crippen LogP) is 2.44. The van der Waals surface area contributed by atoms with Crippen LogP contribution < -0.4 is 5.32 Å². The third kappa shape index (κ3) is 3.32. The predicted molar refractivity (Wildman–Crippen MR) is 98.0 cm³/mol. The molecule has 0 aliphatic carbocycles. The number of hydrogen-bond acceptors (Lipinski definition) is 4. The van der Waals surface area contributed by atoms with Crippen LogP contribution in [0.15, 0.2) is 67.4 Å². The van der Waals surface area contributed by atoms with E-state index in [1.165, 1.54) is 10.9 Å². The number of fused-ring (bicyclic) bond motifs is 1. The molecule has 1 amide bonds. The molecule has 0 atom stereocenters. The highest BCUT2D eigenvalue weighted by molar-refractivity contribution is 5.92. The van der Waals surface area contributed by atoms with Crippen molar-refractivity contribution in [3.8, 4) is 5.82 Å². The minimum Gasteiger partial charge on any atom is -0.351 e. The van der Waals surface area contributed by atoms with Crippen LogP contribution in [0.2, 0.25) is 0 Å². The number of benzene rings is 1. The molecule has 7 heteroatoms. The normalized spacial score (nSPS) is 10.9. The molecular formula is C19H18N6O. The molecule has 3 aromatic heterocycles. The molecule has 4 aromatic rings. The van der Waals surface area contributed by atoms with Crippen molar-refractivity contribution in [2.45, 2.75) is 13.0 Å². The van der Waals surface area contributed by atoms with E-state index in [0.29, 0.717) is 18.1 Å². The monoisotopic (exact) mass is 346 g/mol. The van der Waals surface area contributed by atoms with Gasteiger partial charge in [-0.05, 0) is 36.1 Å². The van der Waals surface area contributed by atoms with Gasteiger partial charge in [-0.15, -0.1) is 10.2 Å². The number of amides is 1. The first-order valence-electron chi connectivity index (χ1n) is 8.45. The van der Waals surface area contributed by atoms with Crippen molar-refractivity contribution in [1.29, 1.82) is 0 Å². The average molecular weight is 346 g/mol. The molecule has 0 spiro atoms. The molecule has 0 saturated heterocycles. The molecular weight excluding hydrogens is 328 g/mol. The molecule has 0 aliphatic rings. The summed E-state index contributed by atoms with van der Waals surface area (Å²) < 4.78 is 3.86. The van der Waals surface area contributed by atoms with E-state index in [4.69, 9.17) is 0 Å². The summed E-state index contributed by atoms with van der Waals surface area (Å²) in [5.41, 5.74) is 1.59. The Morgan fingerprint density at radius 3 is 2.73 bits per heavy atom. The summed E-state index contributed by atoms with van der Waals surface area (Å²) in [4.78, 5) is 16.7. The van der Waals surface area contributed by atoms with Crippen molar-refractivity contribution in [3.05, 3.63) is 73.1 Å². The smallest absolute Gasteiger partial charge is 0.269 e. The van der Waals surface area contributed by atoms with E-state index in [1.54, 1.807) is 35.4 Å². The van der Waals surface area contributed by atoms with Crippen LogP contribution in [0.4, 0.5) is 0 Å². The summed E-state index contributed by atoms with van der Waals surface area (Å²) in [5.74, 6) is 0.429. The van der Waals surface area contributed by atoms with Gasteiger partial charge < -0.3 is 9.88 Å². The summed E-state index contributed by atoms with van der Waals surface area (Å²) in [7, 11) is 0. The minimum atomic E-state index is -0.183. The van der Waals surface area contributed by atoms with Gasteiger partial charge in [-0.1, -0.05) is 24.3 Å². The Bertz CT molecular complexity index is 1020. The van der Waals surface area contributed by atoms with E-state index in [-0.39, 0.29) is 5.91 Å². The molecule has 0 bridgehead atoms. The van der Waals surface area contributed by atoms with E-state index < -0.39 is 0 Å². The number of rotatable bonds is 6. The van der Waals surface area contributed by atoms with Gasteiger partial charge >= 0.3 is 0 Å². The number of nitrogens with zero attached hydrogens (tertiary/aromatic N) is 5. The molecule has 0 unspecified atom stereocenters. The van der Waals surface area contributed by atoms with E-state index in [2.05, 4.69) is 49.5 Å². The molecule has 26 heavy (non-hydrogen) atoms. The van der Waals surface area contributed by atoms with Gasteiger partial charge in [0.1, 0.15) is 24.2 Å². The first-order valence-corrected chi connectivity index (χ1v) is 8.45. The van der Waals surface area contributed by atoms with Gasteiger partial charge in [-0.25, -0.2) is 4.98 Å². The van der Waals surface area contributed by atoms with Crippen LogP contribution in [0.25, 0.3) is 16.7 Å². The lowest BCUT2D eigenvalue weighted by molar-refractivity contribution is 0.0947. The summed E-state index contributed by atoms with van der Waals surface area (Å²) in [6.07, 6.45) is 6.02. The van der Waals surface area contributed by atoms with Crippen molar-refractivity contribution in [3.63, 3.8) is 0 Å². The van der Waals surface area contributed by atoms with E-state index >= 15 is 0 Å². The summed E-state index contributed by atoms with van der Waals surface area (Å²) in [5, 5.41) is 11.7. The number of carbonyl (C=O) groups is 1. The standard InChI is InChI=1S/C19H18N6O/c26-19(16-6-3-8-18(23-16)25-13-21-22-14-25)20-10-4-11-24-12-9-15-5-1-2-7-17(15)24/h1-3,5-9,12-14H,4,10-11H2,(H,20,26). The van der Waals surface area contributed by atoms with Crippen LogP contribution >= 0.6 is 0 Å². The SMILES string of the molecule is O=C(NCCCn1ccc2ccccc21)c1cccc(-n2cnnc2)n1. The van der Waals surface area contributed by atoms with Crippen molar-refractivity contribution in [1.82, 2.24) is 29.6 Å². The maximum absolute atomic E-state index is 12.3. The third-order valence-corrected chi connectivity index (χ3v) is 4.19. The lowest BCUT2D eigenvalue weighted by Gasteiger charge is -2.08. The second kappa shape index (κ2) is 7.18. The Hall–Kier alpha value is -3.48. The van der Waals surface area contributed by atoms with Crippen molar-refractivity contribution < 1.29 is 4.79 Å². The lowest BCUT2D eigenvalue weighted by Crippen LogP contribution is -2.26. The topological polar surface area (TPSA) is 77.6 Å². The molecule has 0 radical (unpaired) electrons. The fourth-order valence-electron chi connectivity index (χ4n) is 2.89. The van der Waals surface area contributed by atoms with Gasteiger partial charge in [0.2, 0.25) is 0 Å². The molecule has 130 valence electrons. The van der Waals surface area contributed by atoms with E-state index in [9.17, 15) is 4.79 Å². The quantitative estimate of drug-likeness (QED) is 0.544. The molecule has 0 fully saturated rings. The first-order chi connectivity index (χ1) is 12.8. The van der Waals surface area contributed by atoms with Gasteiger partial charge in [0, 0.05) is 24.8 Å². The maximum atomic E-state index is 12.3. The number of aryl methyl sites for hydroxylation is 1. The number of aromatic nitrogens is 5. The number of nitrogens with one attached hydrogen (secondary N) is 1. The summed E-state index contributed by atoms with van der Waals surface area (Å²) >= 11 is 0. The van der Waals surface area contributed by atoms with Crippen LogP contribution in [0.5, 0.6) is 0 Å². The zero-order valence-electron chi connectivity index (χ0n) is 14.1. The van der Waals surface area contributed by atoms with Crippen molar-refractivity contribution >= 4 is 16.8 Å². The van der Waals surface area contributed by atoms with Crippen LogP contribution in [-0.2, 0) is 6.54 Å². The van der Waals surface area contributed by atoms with Crippen LogP contribution in [0, 0.1) is 0 Å². The fraction of sp³-hybridized carbons (Fsp3) is 0.158. The highest BCUT2D eigenvalue weighted by atomic mass is 16.1. The fourth-order valence-corrected chi connectivity index (χ4v) is 2.89. The van der Waals surface area contributed by atoms with Gasteiger partial charge in [-0.3, -0.25) is 9.36 Å². The second-order valence-electron chi connectivity index (χ2n) is 5.93. The Morgan fingerprint density at radius 1 is 1.00 bits per heavy atom. The van der Waals surface area contributed by atoms with E-state index in [0.717, 1.165) is 13.0 Å².